The first-order valence-corrected chi connectivity index (χ1v) is 12.3. The van der Waals surface area contributed by atoms with Gasteiger partial charge in [-0.05, 0) is 53.6 Å². The van der Waals surface area contributed by atoms with Crippen LogP contribution in [0.4, 0.5) is 0 Å². The topological polar surface area (TPSA) is 106 Å². The maximum atomic E-state index is 12.7. The molecule has 0 spiro atoms. The number of para-hydroxylation sites is 2. The van der Waals surface area contributed by atoms with Crippen LogP contribution >= 0.6 is 11.8 Å². The maximum Gasteiger partial charge on any atom is 0.283 e. The number of nitrogens with one attached hydrogen (secondary N) is 1. The SMILES string of the molecule is COc1ccccc1OCCOc1ccc(/C=C2/C(=N)N3N=C(CC(C)C)SC3=NC2=O)cc1OC. The third kappa shape index (κ3) is 5.71. The van der Waals surface area contributed by atoms with Crippen molar-refractivity contribution in [3.05, 3.63) is 53.6 Å². The number of hydrogen-bond acceptors (Lipinski definition) is 8. The molecule has 0 atom stereocenters. The predicted octanol–water partition coefficient (Wildman–Crippen LogP) is 4.83. The molecule has 2 aromatic carbocycles. The van der Waals surface area contributed by atoms with Crippen LogP contribution in [-0.2, 0) is 4.79 Å². The number of nitrogens with zero attached hydrogens (tertiary/aromatic N) is 3. The Morgan fingerprint density at radius 3 is 2.33 bits per heavy atom. The summed E-state index contributed by atoms with van der Waals surface area (Å²) in [5.74, 6) is 2.28. The molecule has 4 rings (SSSR count). The fraction of sp³-hybridized carbons (Fsp3) is 0.308. The Hall–Kier alpha value is -3.79. The number of aliphatic imine (C=N–C) groups is 1. The van der Waals surface area contributed by atoms with Crippen molar-refractivity contribution in [2.24, 2.45) is 16.0 Å². The van der Waals surface area contributed by atoms with Crippen LogP contribution in [0, 0.1) is 11.3 Å². The molecule has 9 nitrogen and oxygen atoms in total. The van der Waals surface area contributed by atoms with E-state index in [4.69, 9.17) is 24.4 Å². The fourth-order valence-corrected chi connectivity index (χ4v) is 4.66. The average Bonchev–Trinajstić information content (AvgIpc) is 3.26. The molecular weight excluding hydrogens is 480 g/mol. The lowest BCUT2D eigenvalue weighted by atomic mass is 10.1. The van der Waals surface area contributed by atoms with E-state index in [1.54, 1.807) is 38.5 Å². The van der Waals surface area contributed by atoms with Crippen LogP contribution in [0.25, 0.3) is 6.08 Å². The minimum absolute atomic E-state index is 0.00374. The van der Waals surface area contributed by atoms with Gasteiger partial charge in [0, 0.05) is 6.42 Å². The zero-order valence-electron chi connectivity index (χ0n) is 20.6. The van der Waals surface area contributed by atoms with Crippen molar-refractivity contribution >= 4 is 39.8 Å². The minimum Gasteiger partial charge on any atom is -0.493 e. The Morgan fingerprint density at radius 1 is 1.00 bits per heavy atom. The second-order valence-electron chi connectivity index (χ2n) is 8.37. The highest BCUT2D eigenvalue weighted by molar-refractivity contribution is 8.26. The zero-order valence-corrected chi connectivity index (χ0v) is 21.4. The molecule has 1 amide bonds. The van der Waals surface area contributed by atoms with Gasteiger partial charge in [-0.15, -0.1) is 0 Å². The standard InChI is InChI=1S/C26H28N4O5S/c1-16(2)13-23-29-30-24(27)18(25(31)28-26(30)36-23)14-17-9-10-21(22(15-17)33-4)35-12-11-34-20-8-6-5-7-19(20)32-3/h5-10,14-16,27H,11-13H2,1-4H3/b18-14-,27-24?. The summed E-state index contributed by atoms with van der Waals surface area (Å²) in [7, 11) is 3.14. The highest BCUT2D eigenvalue weighted by atomic mass is 32.2. The number of ether oxygens (including phenoxy) is 4. The maximum absolute atomic E-state index is 12.7. The van der Waals surface area contributed by atoms with Gasteiger partial charge in [-0.25, -0.2) is 0 Å². The zero-order chi connectivity index (χ0) is 25.7. The van der Waals surface area contributed by atoms with E-state index in [0.717, 1.165) is 11.5 Å². The molecule has 0 aliphatic carbocycles. The van der Waals surface area contributed by atoms with Gasteiger partial charge >= 0.3 is 0 Å². The second kappa shape index (κ2) is 11.3. The van der Waals surface area contributed by atoms with Crippen molar-refractivity contribution in [2.45, 2.75) is 20.3 Å². The number of fused-ring (bicyclic) bond motifs is 1. The number of amides is 1. The minimum atomic E-state index is -0.465. The molecule has 0 saturated heterocycles. The number of thioether (sulfide) groups is 1. The lowest BCUT2D eigenvalue weighted by Crippen LogP contribution is -2.35. The largest absolute Gasteiger partial charge is 0.493 e. The van der Waals surface area contributed by atoms with Crippen LogP contribution in [0.15, 0.2) is 58.1 Å². The Kier molecular flexibility index (Phi) is 7.94. The average molecular weight is 509 g/mol. The normalized spacial score (nSPS) is 16.1. The lowest BCUT2D eigenvalue weighted by molar-refractivity contribution is -0.114. The van der Waals surface area contributed by atoms with Crippen molar-refractivity contribution < 1.29 is 23.7 Å². The van der Waals surface area contributed by atoms with Crippen molar-refractivity contribution in [3.63, 3.8) is 0 Å². The third-order valence-electron chi connectivity index (χ3n) is 5.25. The summed E-state index contributed by atoms with van der Waals surface area (Å²) >= 11 is 1.34. The van der Waals surface area contributed by atoms with Gasteiger partial charge in [0.05, 0.1) is 19.8 Å². The molecule has 0 fully saturated rings. The second-order valence-corrected chi connectivity index (χ2v) is 9.41. The molecule has 2 aliphatic rings. The molecule has 0 radical (unpaired) electrons. The number of hydrazone groups is 1. The van der Waals surface area contributed by atoms with Crippen LogP contribution in [-0.4, -0.2) is 54.4 Å². The molecule has 0 aromatic heterocycles. The number of carbonyl (C=O) groups excluding carboxylic acids is 1. The van der Waals surface area contributed by atoms with E-state index in [0.29, 0.717) is 52.9 Å². The Balaban J connectivity index is 1.43. The quantitative estimate of drug-likeness (QED) is 0.362. The smallest absolute Gasteiger partial charge is 0.283 e. The van der Waals surface area contributed by atoms with Gasteiger partial charge in [0.15, 0.2) is 28.8 Å². The highest BCUT2D eigenvalue weighted by Crippen LogP contribution is 2.33. The fourth-order valence-electron chi connectivity index (χ4n) is 3.56. The molecule has 2 aromatic rings. The van der Waals surface area contributed by atoms with Gasteiger partial charge in [0.2, 0.25) is 5.17 Å². The van der Waals surface area contributed by atoms with Gasteiger partial charge < -0.3 is 18.9 Å². The number of carbonyl (C=O) groups is 1. The Morgan fingerprint density at radius 2 is 1.67 bits per heavy atom. The van der Waals surface area contributed by atoms with Crippen molar-refractivity contribution in [3.8, 4) is 23.0 Å². The number of hydrogen-bond donors (Lipinski definition) is 1. The van der Waals surface area contributed by atoms with E-state index in [1.807, 2.05) is 24.3 Å². The molecule has 36 heavy (non-hydrogen) atoms. The first-order valence-electron chi connectivity index (χ1n) is 11.4. The molecule has 1 N–H and O–H groups in total. The van der Waals surface area contributed by atoms with Crippen molar-refractivity contribution in [1.82, 2.24) is 5.01 Å². The monoisotopic (exact) mass is 508 g/mol. The van der Waals surface area contributed by atoms with Crippen LogP contribution < -0.4 is 18.9 Å². The first kappa shape index (κ1) is 25.3. The summed E-state index contributed by atoms with van der Waals surface area (Å²) in [4.78, 5) is 16.8. The van der Waals surface area contributed by atoms with Gasteiger partial charge in [-0.2, -0.15) is 15.1 Å². The molecule has 2 aliphatic heterocycles. The third-order valence-corrected chi connectivity index (χ3v) is 6.18. The summed E-state index contributed by atoms with van der Waals surface area (Å²) in [5.41, 5.74) is 0.837. The molecule has 10 heteroatoms. The number of amidine groups is 2. The van der Waals surface area contributed by atoms with Crippen molar-refractivity contribution in [2.75, 3.05) is 27.4 Å². The van der Waals surface area contributed by atoms with Gasteiger partial charge in [0.1, 0.15) is 18.3 Å². The van der Waals surface area contributed by atoms with E-state index >= 15 is 0 Å². The first-order chi connectivity index (χ1) is 17.4. The summed E-state index contributed by atoms with van der Waals surface area (Å²) in [6.45, 7) is 4.80. The summed E-state index contributed by atoms with van der Waals surface area (Å²) in [6.07, 6.45) is 2.38. The molecular formula is C26H28N4O5S. The highest BCUT2D eigenvalue weighted by Gasteiger charge is 2.35. The van der Waals surface area contributed by atoms with Gasteiger partial charge in [-0.1, -0.05) is 32.0 Å². The van der Waals surface area contributed by atoms with E-state index in [-0.39, 0.29) is 11.4 Å². The lowest BCUT2D eigenvalue weighted by Gasteiger charge is -2.20. The summed E-state index contributed by atoms with van der Waals surface area (Å²) in [6, 6.07) is 12.7. The molecule has 2 heterocycles. The molecule has 188 valence electrons. The van der Waals surface area contributed by atoms with Crippen LogP contribution in [0.3, 0.4) is 0 Å². The number of rotatable bonds is 10. The van der Waals surface area contributed by atoms with E-state index in [2.05, 4.69) is 23.9 Å². The molecule has 0 saturated carbocycles. The van der Waals surface area contributed by atoms with Crippen LogP contribution in [0.1, 0.15) is 25.8 Å². The van der Waals surface area contributed by atoms with Crippen LogP contribution in [0.5, 0.6) is 23.0 Å². The molecule has 0 unspecified atom stereocenters. The van der Waals surface area contributed by atoms with Crippen LogP contribution in [0.2, 0.25) is 0 Å². The number of benzene rings is 2. The summed E-state index contributed by atoms with van der Waals surface area (Å²) in [5, 5.41) is 15.7. The van der Waals surface area contributed by atoms with Crippen molar-refractivity contribution in [1.29, 1.82) is 5.41 Å². The molecule has 0 bridgehead atoms. The van der Waals surface area contributed by atoms with E-state index in [9.17, 15) is 4.79 Å². The van der Waals surface area contributed by atoms with E-state index < -0.39 is 5.91 Å². The predicted molar refractivity (Wildman–Crippen MR) is 141 cm³/mol. The Bertz CT molecular complexity index is 1250. The van der Waals surface area contributed by atoms with Gasteiger partial charge in [0.25, 0.3) is 5.91 Å². The van der Waals surface area contributed by atoms with E-state index in [1.165, 1.54) is 16.8 Å². The van der Waals surface area contributed by atoms with Gasteiger partial charge in [-0.3, -0.25) is 10.2 Å². The Labute approximate surface area is 214 Å². The number of methoxy groups -OCH3 is 2. The summed E-state index contributed by atoms with van der Waals surface area (Å²) < 4.78 is 22.3.